The molecule has 1 fully saturated rings. The molecule has 2 aromatic rings. The van der Waals surface area contributed by atoms with Crippen molar-refractivity contribution in [3.63, 3.8) is 0 Å². The van der Waals surface area contributed by atoms with Gasteiger partial charge in [0.15, 0.2) is 11.4 Å². The van der Waals surface area contributed by atoms with E-state index in [0.717, 1.165) is 33.9 Å². The molecule has 1 atom stereocenters. The van der Waals surface area contributed by atoms with Crippen LogP contribution in [0.3, 0.4) is 0 Å². The first-order valence-electron chi connectivity index (χ1n) is 12.2. The number of sulfonamides is 1. The minimum absolute atomic E-state index is 0.0855. The second-order valence-electron chi connectivity index (χ2n) is 10.5. The molecule has 230 valence electrons. The first-order valence-corrected chi connectivity index (χ1v) is 13.7. The third-order valence-electron chi connectivity index (χ3n) is 6.91. The van der Waals surface area contributed by atoms with E-state index >= 15 is 0 Å². The summed E-state index contributed by atoms with van der Waals surface area (Å²) in [6.45, 7) is 0.266. The van der Waals surface area contributed by atoms with Gasteiger partial charge in [-0.2, -0.15) is 17.9 Å². The second kappa shape index (κ2) is 10.5. The fourth-order valence-corrected chi connectivity index (χ4v) is 6.13. The zero-order valence-corrected chi connectivity index (χ0v) is 23.1. The Morgan fingerprint density at radius 3 is 2.45 bits per heavy atom. The summed E-state index contributed by atoms with van der Waals surface area (Å²) in [4.78, 5) is 38.4. The SMILES string of the molecule is Cn1cc2c(c1C(=O)Nc1ccc(F)c(C(F)F)c1)OC[C@@]1(CCN(C(=O)C(=O)NC(C)(C)C(F)(F)F)C1)NS2(=O)=O. The number of fused-ring (bicyclic) bond motifs is 1. The smallest absolute Gasteiger partial charge is 0.410 e. The maximum Gasteiger partial charge on any atom is 0.410 e. The lowest BCUT2D eigenvalue weighted by Gasteiger charge is -2.30. The summed E-state index contributed by atoms with van der Waals surface area (Å²) in [7, 11) is -3.11. The lowest BCUT2D eigenvalue weighted by molar-refractivity contribution is -0.189. The van der Waals surface area contributed by atoms with Crippen molar-refractivity contribution >= 4 is 33.4 Å². The molecule has 2 aliphatic rings. The normalized spacial score (nSPS) is 20.2. The molecule has 0 saturated carbocycles. The summed E-state index contributed by atoms with van der Waals surface area (Å²) in [6, 6.07) is 2.49. The number of aromatic nitrogens is 1. The van der Waals surface area contributed by atoms with Crippen LogP contribution in [0.1, 0.15) is 42.7 Å². The molecular weight excluding hydrogens is 600 g/mol. The van der Waals surface area contributed by atoms with E-state index in [1.807, 2.05) is 0 Å². The van der Waals surface area contributed by atoms with Crippen molar-refractivity contribution in [2.75, 3.05) is 25.0 Å². The number of anilines is 1. The Hall–Kier alpha value is -3.80. The van der Waals surface area contributed by atoms with Crippen molar-refractivity contribution < 1.29 is 53.9 Å². The largest absolute Gasteiger partial charge is 0.488 e. The second-order valence-corrected chi connectivity index (χ2v) is 12.2. The number of carbonyl (C=O) groups excluding carboxylic acids is 3. The van der Waals surface area contributed by atoms with Gasteiger partial charge in [-0.15, -0.1) is 0 Å². The minimum atomic E-state index is -4.85. The van der Waals surface area contributed by atoms with Crippen molar-refractivity contribution in [2.45, 2.75) is 48.8 Å². The summed E-state index contributed by atoms with van der Waals surface area (Å²) >= 11 is 0. The molecule has 1 spiro atoms. The number of alkyl halides is 5. The number of aryl methyl sites for hydroxylation is 1. The van der Waals surface area contributed by atoms with Crippen molar-refractivity contribution in [3.8, 4) is 5.75 Å². The molecule has 0 bridgehead atoms. The fraction of sp³-hybridized carbons (Fsp3) is 0.458. The van der Waals surface area contributed by atoms with Crippen LogP contribution in [0.5, 0.6) is 5.75 Å². The molecule has 3 amide bonds. The number of hydrogen-bond donors (Lipinski definition) is 3. The molecule has 1 aromatic carbocycles. The molecule has 1 saturated heterocycles. The first-order chi connectivity index (χ1) is 19.3. The van der Waals surface area contributed by atoms with Crippen LogP contribution in [0.15, 0.2) is 29.3 Å². The van der Waals surface area contributed by atoms with Gasteiger partial charge in [-0.25, -0.2) is 21.6 Å². The van der Waals surface area contributed by atoms with Crippen LogP contribution in [0.2, 0.25) is 0 Å². The molecule has 3 N–H and O–H groups in total. The predicted octanol–water partition coefficient (Wildman–Crippen LogP) is 2.45. The Kier molecular flexibility index (Phi) is 7.77. The molecule has 0 aliphatic carbocycles. The van der Waals surface area contributed by atoms with Crippen molar-refractivity contribution in [1.82, 2.24) is 19.5 Å². The maximum absolute atomic E-state index is 13.7. The first kappa shape index (κ1) is 31.1. The third kappa shape index (κ3) is 5.77. The number of benzene rings is 1. The molecule has 0 unspecified atom stereocenters. The van der Waals surface area contributed by atoms with E-state index in [2.05, 4.69) is 10.0 Å². The van der Waals surface area contributed by atoms with E-state index in [1.54, 1.807) is 5.32 Å². The summed E-state index contributed by atoms with van der Waals surface area (Å²) in [5.74, 6) is -5.40. The maximum atomic E-state index is 13.7. The van der Waals surface area contributed by atoms with Crippen molar-refractivity contribution in [1.29, 1.82) is 0 Å². The number of carbonyl (C=O) groups is 3. The molecule has 18 heteroatoms. The number of nitrogens with zero attached hydrogens (tertiary/aromatic N) is 2. The number of rotatable bonds is 4. The van der Waals surface area contributed by atoms with Crippen molar-refractivity contribution in [3.05, 3.63) is 41.5 Å². The van der Waals surface area contributed by atoms with Gasteiger partial charge < -0.3 is 24.8 Å². The van der Waals surface area contributed by atoms with E-state index in [0.29, 0.717) is 13.8 Å². The average molecular weight is 626 g/mol. The average Bonchev–Trinajstić information content (AvgIpc) is 3.40. The molecule has 42 heavy (non-hydrogen) atoms. The molecule has 11 nitrogen and oxygen atoms in total. The quantitative estimate of drug-likeness (QED) is 0.353. The number of ether oxygens (including phenoxy) is 1. The van der Waals surface area contributed by atoms with Crippen LogP contribution < -0.4 is 20.1 Å². The summed E-state index contributed by atoms with van der Waals surface area (Å²) < 4.78 is 115. The minimum Gasteiger partial charge on any atom is -0.488 e. The van der Waals surface area contributed by atoms with Gasteiger partial charge in [-0.3, -0.25) is 14.4 Å². The van der Waals surface area contributed by atoms with Gasteiger partial charge in [0.2, 0.25) is 10.0 Å². The van der Waals surface area contributed by atoms with E-state index in [9.17, 15) is 49.1 Å². The van der Waals surface area contributed by atoms with Crippen LogP contribution in [0.4, 0.5) is 32.0 Å². The van der Waals surface area contributed by atoms with E-state index in [1.165, 1.54) is 7.05 Å². The van der Waals surface area contributed by atoms with Crippen LogP contribution in [0.25, 0.3) is 0 Å². The zero-order chi connectivity index (χ0) is 31.4. The highest BCUT2D eigenvalue weighted by Gasteiger charge is 2.51. The molecule has 4 rings (SSSR count). The number of nitrogens with one attached hydrogen (secondary N) is 3. The van der Waals surface area contributed by atoms with Gasteiger partial charge in [0.1, 0.15) is 22.9 Å². The number of likely N-dealkylation sites (tertiary alicyclic amines) is 1. The van der Waals surface area contributed by atoms with E-state index in [4.69, 9.17) is 4.74 Å². The van der Waals surface area contributed by atoms with Gasteiger partial charge >= 0.3 is 18.0 Å². The van der Waals surface area contributed by atoms with Crippen LogP contribution in [0, 0.1) is 5.82 Å². The van der Waals surface area contributed by atoms with Gasteiger partial charge in [0.25, 0.3) is 12.3 Å². The fourth-order valence-electron chi connectivity index (χ4n) is 4.53. The Bertz CT molecular complexity index is 1560. The Morgan fingerprint density at radius 1 is 1.17 bits per heavy atom. The Balaban J connectivity index is 1.55. The van der Waals surface area contributed by atoms with Gasteiger partial charge in [-0.1, -0.05) is 0 Å². The van der Waals surface area contributed by atoms with E-state index < -0.39 is 86.6 Å². The number of hydrogen-bond acceptors (Lipinski definition) is 6. The third-order valence-corrected chi connectivity index (χ3v) is 8.48. The van der Waals surface area contributed by atoms with Crippen LogP contribution in [-0.2, 0) is 26.7 Å². The van der Waals surface area contributed by atoms with E-state index in [-0.39, 0.29) is 24.3 Å². The summed E-state index contributed by atoms with van der Waals surface area (Å²) in [5, 5.41) is 3.92. The molecular formula is C24H25F6N5O6S. The number of halogens is 6. The number of amides is 3. The summed E-state index contributed by atoms with van der Waals surface area (Å²) in [6.07, 6.45) is -7.04. The van der Waals surface area contributed by atoms with Crippen LogP contribution in [-0.4, -0.2) is 72.6 Å². The van der Waals surface area contributed by atoms with Crippen LogP contribution >= 0.6 is 0 Å². The molecule has 1 aromatic heterocycles. The zero-order valence-electron chi connectivity index (χ0n) is 22.2. The Morgan fingerprint density at radius 2 is 1.83 bits per heavy atom. The van der Waals surface area contributed by atoms with Gasteiger partial charge in [0, 0.05) is 32.0 Å². The highest BCUT2D eigenvalue weighted by atomic mass is 32.2. The predicted molar refractivity (Wildman–Crippen MR) is 133 cm³/mol. The summed E-state index contributed by atoms with van der Waals surface area (Å²) in [5.41, 5.74) is -5.70. The van der Waals surface area contributed by atoms with Gasteiger partial charge in [-0.05, 0) is 38.5 Å². The highest BCUT2D eigenvalue weighted by molar-refractivity contribution is 7.89. The molecule has 2 aliphatic heterocycles. The molecule has 3 heterocycles. The molecule has 0 radical (unpaired) electrons. The standard InChI is InChI=1S/C24H25F6N5O6S/c1-22(2,24(28,29)30)32-20(37)21(38)35-7-6-23(10-35)11-41-17-15(42(39,40)33-23)9-34(3)16(17)19(36)31-12-4-5-14(25)13(8-12)18(26)27/h4-5,8-9,18,33H,6-7,10-11H2,1-3H3,(H,31,36)(H,32,37)/t23-/m0/s1. The Labute approximate surface area is 235 Å². The van der Waals surface area contributed by atoms with Gasteiger partial charge in [0.05, 0.1) is 11.1 Å². The highest BCUT2D eigenvalue weighted by Crippen LogP contribution is 2.37. The lowest BCUT2D eigenvalue weighted by atomic mass is 10.0. The lowest BCUT2D eigenvalue weighted by Crippen LogP contribution is -2.58. The monoisotopic (exact) mass is 625 g/mol. The topological polar surface area (TPSA) is 139 Å². The van der Waals surface area contributed by atoms with Crippen molar-refractivity contribution in [2.24, 2.45) is 7.05 Å².